The van der Waals surface area contributed by atoms with E-state index in [-0.39, 0.29) is 23.6 Å². The predicted octanol–water partition coefficient (Wildman–Crippen LogP) is 4.42. The Morgan fingerprint density at radius 3 is 2.43 bits per heavy atom. The molecule has 0 bridgehead atoms. The van der Waals surface area contributed by atoms with Crippen molar-refractivity contribution in [2.45, 2.75) is 31.8 Å². The fraction of sp³-hybridized carbons (Fsp3) is 0.250. The lowest BCUT2D eigenvalue weighted by Crippen LogP contribution is -2.38. The number of aromatic nitrogens is 1. The van der Waals surface area contributed by atoms with Gasteiger partial charge in [0.15, 0.2) is 0 Å². The number of rotatable bonds is 8. The Bertz CT molecular complexity index is 978. The number of carbonyl (C=O) groups is 1. The van der Waals surface area contributed by atoms with Crippen LogP contribution in [0, 0.1) is 18.6 Å². The number of hydrogen-bond donors (Lipinski definition) is 2. The molecular formula is C24H25F2N3O. The van der Waals surface area contributed by atoms with Gasteiger partial charge in [-0.2, -0.15) is 0 Å². The molecular weight excluding hydrogens is 384 g/mol. The van der Waals surface area contributed by atoms with E-state index in [1.54, 1.807) is 32.2 Å². The lowest BCUT2D eigenvalue weighted by atomic mass is 9.96. The van der Waals surface area contributed by atoms with Crippen LogP contribution >= 0.6 is 0 Å². The third-order valence-corrected chi connectivity index (χ3v) is 5.07. The van der Waals surface area contributed by atoms with Crippen LogP contribution in [0.4, 0.5) is 8.78 Å². The highest BCUT2D eigenvalue weighted by atomic mass is 19.1. The third-order valence-electron chi connectivity index (χ3n) is 5.07. The minimum absolute atomic E-state index is 0.162. The largest absolute Gasteiger partial charge is 0.358 e. The normalized spacial score (nSPS) is 12.9. The van der Waals surface area contributed by atoms with Crippen LogP contribution in [0.25, 0.3) is 0 Å². The number of nitrogens with one attached hydrogen (secondary N) is 2. The molecule has 2 aromatic carbocycles. The summed E-state index contributed by atoms with van der Waals surface area (Å²) in [6.07, 6.45) is 2.37. The Morgan fingerprint density at radius 2 is 1.80 bits per heavy atom. The fourth-order valence-corrected chi connectivity index (χ4v) is 3.39. The zero-order valence-corrected chi connectivity index (χ0v) is 17.0. The second-order valence-corrected chi connectivity index (χ2v) is 7.19. The molecule has 0 aliphatic rings. The van der Waals surface area contributed by atoms with Crippen molar-refractivity contribution >= 4 is 5.91 Å². The van der Waals surface area contributed by atoms with Crippen LogP contribution in [0.2, 0.25) is 0 Å². The topological polar surface area (TPSA) is 54.0 Å². The molecule has 2 N–H and O–H groups in total. The highest BCUT2D eigenvalue weighted by Gasteiger charge is 2.24. The van der Waals surface area contributed by atoms with E-state index in [0.29, 0.717) is 18.4 Å². The summed E-state index contributed by atoms with van der Waals surface area (Å²) in [6.45, 7) is 1.71. The quantitative estimate of drug-likeness (QED) is 0.579. The maximum atomic E-state index is 13.8. The van der Waals surface area contributed by atoms with Crippen molar-refractivity contribution in [2.75, 3.05) is 7.05 Å². The maximum Gasteiger partial charge on any atom is 0.241 e. The van der Waals surface area contributed by atoms with Gasteiger partial charge in [-0.25, -0.2) is 8.78 Å². The van der Waals surface area contributed by atoms with Crippen molar-refractivity contribution < 1.29 is 13.6 Å². The first kappa shape index (κ1) is 21.6. The van der Waals surface area contributed by atoms with E-state index in [0.717, 1.165) is 16.8 Å². The molecule has 1 heterocycles. The minimum Gasteiger partial charge on any atom is -0.358 e. The monoisotopic (exact) mass is 409 g/mol. The molecule has 6 heteroatoms. The number of aryl methyl sites for hydroxylation is 2. The fourth-order valence-electron chi connectivity index (χ4n) is 3.39. The van der Waals surface area contributed by atoms with Gasteiger partial charge < -0.3 is 5.32 Å². The van der Waals surface area contributed by atoms with Crippen molar-refractivity contribution in [2.24, 2.45) is 0 Å². The van der Waals surface area contributed by atoms with Crippen LogP contribution < -0.4 is 10.6 Å². The molecule has 2 unspecified atom stereocenters. The van der Waals surface area contributed by atoms with E-state index < -0.39 is 6.04 Å². The molecule has 0 aliphatic heterocycles. The summed E-state index contributed by atoms with van der Waals surface area (Å²) in [5, 5.41) is 6.13. The number of amides is 1. The van der Waals surface area contributed by atoms with Gasteiger partial charge in [0.05, 0.1) is 6.20 Å². The highest BCUT2D eigenvalue weighted by Crippen LogP contribution is 2.26. The first-order chi connectivity index (χ1) is 14.5. The van der Waals surface area contributed by atoms with Crippen molar-refractivity contribution in [1.29, 1.82) is 0 Å². The Kier molecular flexibility index (Phi) is 7.25. The van der Waals surface area contributed by atoms with Crippen LogP contribution in [-0.4, -0.2) is 17.9 Å². The summed E-state index contributed by atoms with van der Waals surface area (Å²) in [6, 6.07) is 16.6. The molecule has 0 saturated heterocycles. The molecule has 0 spiro atoms. The van der Waals surface area contributed by atoms with Gasteiger partial charge in [0.2, 0.25) is 5.91 Å². The van der Waals surface area contributed by atoms with Gasteiger partial charge in [0.25, 0.3) is 0 Å². The van der Waals surface area contributed by atoms with Gasteiger partial charge >= 0.3 is 0 Å². The Morgan fingerprint density at radius 1 is 1.03 bits per heavy atom. The number of benzene rings is 2. The van der Waals surface area contributed by atoms with Gasteiger partial charge in [-0.1, -0.05) is 42.5 Å². The summed E-state index contributed by atoms with van der Waals surface area (Å²) in [7, 11) is 1.60. The Hall–Kier alpha value is -3.12. The summed E-state index contributed by atoms with van der Waals surface area (Å²) in [5.74, 6) is -0.820. The summed E-state index contributed by atoms with van der Waals surface area (Å²) in [4.78, 5) is 16.7. The van der Waals surface area contributed by atoms with Crippen LogP contribution in [0.15, 0.2) is 66.9 Å². The molecule has 0 aliphatic carbocycles. The first-order valence-corrected chi connectivity index (χ1v) is 9.87. The van der Waals surface area contributed by atoms with Gasteiger partial charge in [-0.15, -0.1) is 0 Å². The van der Waals surface area contributed by atoms with Crippen LogP contribution in [0.5, 0.6) is 0 Å². The number of carbonyl (C=O) groups excluding carboxylic acids is 1. The summed E-state index contributed by atoms with van der Waals surface area (Å²) >= 11 is 0. The van der Waals surface area contributed by atoms with Crippen LogP contribution in [-0.2, 0) is 11.2 Å². The second-order valence-electron chi connectivity index (χ2n) is 7.19. The minimum atomic E-state index is -0.576. The molecule has 2 atom stereocenters. The van der Waals surface area contributed by atoms with E-state index in [1.807, 2.05) is 30.3 Å². The molecule has 156 valence electrons. The first-order valence-electron chi connectivity index (χ1n) is 9.87. The standard InChI is InChI=1S/C24H25F2N3O/c1-16-14-18(8-12-21(16)26)22(13-11-20-10-9-19(25)15-28-20)29-23(24(30)27-2)17-6-4-3-5-7-17/h3-10,12,14-15,22-23,29H,11,13H2,1-2H3,(H,27,30). The Balaban J connectivity index is 1.89. The predicted molar refractivity (Wildman–Crippen MR) is 113 cm³/mol. The van der Waals surface area contributed by atoms with Crippen molar-refractivity contribution in [3.8, 4) is 0 Å². The molecule has 0 radical (unpaired) electrons. The average Bonchev–Trinajstić information content (AvgIpc) is 2.77. The highest BCUT2D eigenvalue weighted by molar-refractivity contribution is 5.83. The number of likely N-dealkylation sites (N-methyl/N-ethyl adjacent to an activating group) is 1. The van der Waals surface area contributed by atoms with Crippen LogP contribution in [0.1, 0.15) is 40.9 Å². The van der Waals surface area contributed by atoms with Crippen molar-refractivity contribution in [1.82, 2.24) is 15.6 Å². The zero-order chi connectivity index (χ0) is 21.5. The maximum absolute atomic E-state index is 13.8. The zero-order valence-electron chi connectivity index (χ0n) is 17.0. The van der Waals surface area contributed by atoms with Crippen molar-refractivity contribution in [3.63, 3.8) is 0 Å². The van der Waals surface area contributed by atoms with E-state index >= 15 is 0 Å². The molecule has 3 aromatic rings. The van der Waals surface area contributed by atoms with Crippen LogP contribution in [0.3, 0.4) is 0 Å². The van der Waals surface area contributed by atoms with Gasteiger partial charge in [0, 0.05) is 18.8 Å². The molecule has 3 rings (SSSR count). The summed E-state index contributed by atoms with van der Waals surface area (Å²) < 4.78 is 27.0. The number of halogens is 2. The number of nitrogens with zero attached hydrogens (tertiary/aromatic N) is 1. The molecule has 1 aromatic heterocycles. The SMILES string of the molecule is CNC(=O)C(NC(CCc1ccc(F)cn1)c1ccc(F)c(C)c1)c1ccccc1. The van der Waals surface area contributed by atoms with Gasteiger partial charge in [0.1, 0.15) is 17.7 Å². The van der Waals surface area contributed by atoms with E-state index in [1.165, 1.54) is 18.3 Å². The Labute approximate surface area is 175 Å². The molecule has 0 saturated carbocycles. The molecule has 1 amide bonds. The molecule has 30 heavy (non-hydrogen) atoms. The number of hydrogen-bond acceptors (Lipinski definition) is 3. The van der Waals surface area contributed by atoms with E-state index in [9.17, 15) is 13.6 Å². The van der Waals surface area contributed by atoms with E-state index in [4.69, 9.17) is 0 Å². The third kappa shape index (κ3) is 5.48. The molecule has 0 fully saturated rings. The van der Waals surface area contributed by atoms with Gasteiger partial charge in [-0.3, -0.25) is 15.1 Å². The van der Waals surface area contributed by atoms with E-state index in [2.05, 4.69) is 15.6 Å². The lowest BCUT2D eigenvalue weighted by molar-refractivity contribution is -0.123. The van der Waals surface area contributed by atoms with Crippen molar-refractivity contribution in [3.05, 3.63) is 101 Å². The smallest absolute Gasteiger partial charge is 0.241 e. The molecule has 4 nitrogen and oxygen atoms in total. The number of pyridine rings is 1. The second kappa shape index (κ2) is 10.1. The van der Waals surface area contributed by atoms with Gasteiger partial charge in [-0.05, 0) is 54.7 Å². The average molecular weight is 409 g/mol. The summed E-state index contributed by atoms with van der Waals surface area (Å²) in [5.41, 5.74) is 3.00. The lowest BCUT2D eigenvalue weighted by Gasteiger charge is -2.26.